The molecule has 2 aromatic carbocycles. The molecule has 0 saturated carbocycles. The molecule has 7 nitrogen and oxygen atoms in total. The number of para-hydroxylation sites is 1. The molecule has 0 bridgehead atoms. The normalized spacial score (nSPS) is 17.3. The van der Waals surface area contributed by atoms with Gasteiger partial charge in [0.05, 0.1) is 51.1 Å². The van der Waals surface area contributed by atoms with Crippen molar-refractivity contribution < 1.29 is 30.8 Å². The van der Waals surface area contributed by atoms with Crippen LogP contribution in [0.4, 0.5) is 23.2 Å². The summed E-state index contributed by atoms with van der Waals surface area (Å²) in [5.41, 5.74) is -0.120. The molecule has 3 heterocycles. The SMILES string of the molecule is Cc1nn(C2CCS(=O)(=O)C2)c2nc(-c3ccc(F)cc3)cc(C(=O)Nc3ccccc3C(F)(F)F)c12. The van der Waals surface area contributed by atoms with Crippen molar-refractivity contribution in [2.75, 3.05) is 16.8 Å². The highest BCUT2D eigenvalue weighted by Crippen LogP contribution is 2.36. The first kappa shape index (κ1) is 24.9. The molecule has 1 N–H and O–H groups in total. The van der Waals surface area contributed by atoms with Gasteiger partial charge in [-0.25, -0.2) is 22.5 Å². The average molecular weight is 533 g/mol. The van der Waals surface area contributed by atoms with Crippen LogP contribution in [0.1, 0.15) is 34.1 Å². The molecule has 1 atom stereocenters. The van der Waals surface area contributed by atoms with E-state index in [0.29, 0.717) is 17.7 Å². The van der Waals surface area contributed by atoms with Crippen molar-refractivity contribution in [3.63, 3.8) is 0 Å². The quantitative estimate of drug-likeness (QED) is 0.366. The number of benzene rings is 2. The Balaban J connectivity index is 1.68. The van der Waals surface area contributed by atoms with E-state index in [1.54, 1.807) is 6.92 Å². The van der Waals surface area contributed by atoms with Gasteiger partial charge >= 0.3 is 6.18 Å². The summed E-state index contributed by atoms with van der Waals surface area (Å²) in [6, 6.07) is 10.9. The lowest BCUT2D eigenvalue weighted by molar-refractivity contribution is -0.136. The van der Waals surface area contributed by atoms with E-state index in [2.05, 4.69) is 15.4 Å². The molecule has 1 aliphatic rings. The molecule has 1 unspecified atom stereocenters. The van der Waals surface area contributed by atoms with Crippen LogP contribution in [0.25, 0.3) is 22.3 Å². The van der Waals surface area contributed by atoms with Gasteiger partial charge in [-0.1, -0.05) is 12.1 Å². The molecule has 192 valence electrons. The lowest BCUT2D eigenvalue weighted by Gasteiger charge is -2.15. The maximum Gasteiger partial charge on any atom is 0.418 e. The number of hydrogen-bond donors (Lipinski definition) is 1. The fourth-order valence-corrected chi connectivity index (χ4v) is 6.20. The van der Waals surface area contributed by atoms with Gasteiger partial charge in [0.1, 0.15) is 5.82 Å². The smallest absolute Gasteiger partial charge is 0.321 e. The van der Waals surface area contributed by atoms with Crippen LogP contribution in [-0.2, 0) is 16.0 Å². The molecule has 12 heteroatoms. The Morgan fingerprint density at radius 2 is 1.81 bits per heavy atom. The molecule has 37 heavy (non-hydrogen) atoms. The van der Waals surface area contributed by atoms with Crippen LogP contribution in [0.15, 0.2) is 54.6 Å². The maximum atomic E-state index is 13.5. The van der Waals surface area contributed by atoms with Crippen LogP contribution >= 0.6 is 0 Å². The standard InChI is InChI=1S/C25H20F4N4O3S/c1-14-22-18(24(34)31-20-5-3-2-4-19(20)25(27,28)29)12-21(15-6-8-16(26)9-7-15)30-23(22)33(32-14)17-10-11-37(35,36)13-17/h2-9,12,17H,10-11,13H2,1H3,(H,31,34). The number of nitrogens with one attached hydrogen (secondary N) is 1. The summed E-state index contributed by atoms with van der Waals surface area (Å²) in [5.74, 6) is -1.47. The topological polar surface area (TPSA) is 93.9 Å². The Bertz CT molecular complexity index is 1630. The predicted molar refractivity (Wildman–Crippen MR) is 129 cm³/mol. The van der Waals surface area contributed by atoms with Gasteiger partial charge in [-0.3, -0.25) is 4.79 Å². The van der Waals surface area contributed by atoms with Crippen LogP contribution in [0, 0.1) is 12.7 Å². The second-order valence-electron chi connectivity index (χ2n) is 8.84. The Morgan fingerprint density at radius 3 is 2.46 bits per heavy atom. The second kappa shape index (κ2) is 8.94. The van der Waals surface area contributed by atoms with Crippen molar-refractivity contribution in [1.29, 1.82) is 0 Å². The lowest BCUT2D eigenvalue weighted by Crippen LogP contribution is -2.17. The summed E-state index contributed by atoms with van der Waals surface area (Å²) in [7, 11) is -3.27. The zero-order valence-corrected chi connectivity index (χ0v) is 20.2. The van der Waals surface area contributed by atoms with E-state index in [1.807, 2.05) is 0 Å². The summed E-state index contributed by atoms with van der Waals surface area (Å²) < 4.78 is 79.8. The summed E-state index contributed by atoms with van der Waals surface area (Å²) in [4.78, 5) is 18.0. The zero-order valence-electron chi connectivity index (χ0n) is 19.4. The number of sulfone groups is 1. The predicted octanol–water partition coefficient (Wildman–Crippen LogP) is 5.18. The number of rotatable bonds is 4. The fourth-order valence-electron chi connectivity index (χ4n) is 4.51. The van der Waals surface area contributed by atoms with E-state index in [4.69, 9.17) is 0 Å². The number of amides is 1. The number of fused-ring (bicyclic) bond motifs is 1. The molecule has 4 aromatic rings. The monoisotopic (exact) mass is 532 g/mol. The van der Waals surface area contributed by atoms with E-state index in [9.17, 15) is 30.8 Å². The van der Waals surface area contributed by atoms with Crippen molar-refractivity contribution in [2.45, 2.75) is 25.6 Å². The van der Waals surface area contributed by atoms with Crippen molar-refractivity contribution in [2.24, 2.45) is 0 Å². The first-order chi connectivity index (χ1) is 17.4. The van der Waals surface area contributed by atoms with E-state index >= 15 is 0 Å². The number of aromatic nitrogens is 3. The number of anilines is 1. The number of hydrogen-bond acceptors (Lipinski definition) is 5. The van der Waals surface area contributed by atoms with Crippen LogP contribution in [-0.4, -0.2) is 40.6 Å². The van der Waals surface area contributed by atoms with Gasteiger partial charge in [-0.2, -0.15) is 18.3 Å². The molecular formula is C25H20F4N4O3S. The van der Waals surface area contributed by atoms with E-state index in [0.717, 1.165) is 12.1 Å². The first-order valence-electron chi connectivity index (χ1n) is 11.3. The summed E-state index contributed by atoms with van der Waals surface area (Å²) in [6.07, 6.45) is -4.38. The van der Waals surface area contributed by atoms with Crippen LogP contribution < -0.4 is 5.32 Å². The zero-order chi connectivity index (χ0) is 26.5. The van der Waals surface area contributed by atoms with Crippen LogP contribution in [0.5, 0.6) is 0 Å². The van der Waals surface area contributed by atoms with E-state index < -0.39 is 45.0 Å². The minimum atomic E-state index is -4.69. The molecule has 1 fully saturated rings. The second-order valence-corrected chi connectivity index (χ2v) is 11.1. The average Bonchev–Trinajstić information content (AvgIpc) is 3.37. The van der Waals surface area contributed by atoms with Gasteiger partial charge in [0, 0.05) is 5.56 Å². The third-order valence-electron chi connectivity index (χ3n) is 6.26. The molecule has 1 aliphatic heterocycles. The van der Waals surface area contributed by atoms with Crippen molar-refractivity contribution in [1.82, 2.24) is 14.8 Å². The number of halogens is 4. The molecule has 0 radical (unpaired) electrons. The van der Waals surface area contributed by atoms with Gasteiger partial charge in [-0.05, 0) is 55.8 Å². The largest absolute Gasteiger partial charge is 0.418 e. The number of aryl methyl sites for hydroxylation is 1. The number of carbonyl (C=O) groups is 1. The van der Waals surface area contributed by atoms with E-state index in [1.165, 1.54) is 47.1 Å². The Hall–Kier alpha value is -3.80. The minimum Gasteiger partial charge on any atom is -0.321 e. The Kier molecular flexibility index (Phi) is 6.01. The Morgan fingerprint density at radius 1 is 1.11 bits per heavy atom. The highest BCUT2D eigenvalue weighted by Gasteiger charge is 2.35. The molecule has 1 amide bonds. The number of alkyl halides is 3. The number of carbonyl (C=O) groups excluding carboxylic acids is 1. The summed E-state index contributed by atoms with van der Waals surface area (Å²) in [6.45, 7) is 1.61. The van der Waals surface area contributed by atoms with Gasteiger partial charge in [0.15, 0.2) is 15.5 Å². The summed E-state index contributed by atoms with van der Waals surface area (Å²) in [5, 5.41) is 7.10. The molecule has 0 spiro atoms. The fraction of sp³-hybridized carbons (Fsp3) is 0.240. The van der Waals surface area contributed by atoms with Crippen molar-refractivity contribution in [3.05, 3.63) is 77.2 Å². The highest BCUT2D eigenvalue weighted by atomic mass is 32.2. The van der Waals surface area contributed by atoms with Crippen molar-refractivity contribution >= 4 is 32.5 Å². The molecule has 1 saturated heterocycles. The highest BCUT2D eigenvalue weighted by molar-refractivity contribution is 7.91. The molecule has 5 rings (SSSR count). The van der Waals surface area contributed by atoms with Crippen LogP contribution in [0.3, 0.4) is 0 Å². The van der Waals surface area contributed by atoms with Crippen LogP contribution in [0.2, 0.25) is 0 Å². The third kappa shape index (κ3) is 4.80. The lowest BCUT2D eigenvalue weighted by atomic mass is 10.0. The number of nitrogens with zero attached hydrogens (tertiary/aromatic N) is 3. The van der Waals surface area contributed by atoms with Gasteiger partial charge in [0.2, 0.25) is 0 Å². The third-order valence-corrected chi connectivity index (χ3v) is 8.01. The van der Waals surface area contributed by atoms with Gasteiger partial charge < -0.3 is 5.32 Å². The van der Waals surface area contributed by atoms with Gasteiger partial charge in [-0.15, -0.1) is 0 Å². The summed E-state index contributed by atoms with van der Waals surface area (Å²) >= 11 is 0. The minimum absolute atomic E-state index is 0.00547. The maximum absolute atomic E-state index is 13.5. The Labute approximate surface area is 209 Å². The van der Waals surface area contributed by atoms with Crippen molar-refractivity contribution in [3.8, 4) is 11.3 Å². The molecular weight excluding hydrogens is 512 g/mol. The molecule has 0 aliphatic carbocycles. The number of pyridine rings is 1. The van der Waals surface area contributed by atoms with E-state index in [-0.39, 0.29) is 33.8 Å². The first-order valence-corrected chi connectivity index (χ1v) is 13.1. The molecule has 2 aromatic heterocycles. The van der Waals surface area contributed by atoms with Gasteiger partial charge in [0.25, 0.3) is 5.91 Å².